The molecule has 0 radical (unpaired) electrons. The summed E-state index contributed by atoms with van der Waals surface area (Å²) in [5.41, 5.74) is 3.61. The number of anilines is 1. The van der Waals surface area contributed by atoms with Crippen LogP contribution in [0.1, 0.15) is 35.2 Å². The van der Waals surface area contributed by atoms with Gasteiger partial charge < -0.3 is 9.64 Å². The van der Waals surface area contributed by atoms with Crippen LogP contribution >= 0.6 is 0 Å². The average Bonchev–Trinajstić information content (AvgIpc) is 2.94. The number of carbonyl (C=O) groups excluding carboxylic acids is 1. The van der Waals surface area contributed by atoms with Crippen molar-refractivity contribution < 1.29 is 18.3 Å². The summed E-state index contributed by atoms with van der Waals surface area (Å²) in [6, 6.07) is 3.74. The van der Waals surface area contributed by atoms with E-state index < -0.39 is 11.9 Å². The van der Waals surface area contributed by atoms with E-state index in [0.29, 0.717) is 24.2 Å². The second kappa shape index (κ2) is 7.05. The van der Waals surface area contributed by atoms with Crippen LogP contribution < -0.4 is 4.90 Å². The van der Waals surface area contributed by atoms with Crippen molar-refractivity contribution in [2.24, 2.45) is 7.05 Å². The van der Waals surface area contributed by atoms with Gasteiger partial charge in [-0.15, -0.1) is 0 Å². The molecule has 0 N–H and O–H groups in total. The number of hydrogen-bond acceptors (Lipinski definition) is 4. The van der Waals surface area contributed by atoms with Crippen LogP contribution in [0.3, 0.4) is 0 Å². The molecule has 0 aliphatic carbocycles. The zero-order valence-corrected chi connectivity index (χ0v) is 15.3. The molecule has 0 spiro atoms. The fourth-order valence-corrected chi connectivity index (χ4v) is 3.50. The van der Waals surface area contributed by atoms with E-state index in [2.05, 4.69) is 5.10 Å². The highest BCUT2D eigenvalue weighted by Crippen LogP contribution is 2.35. The second-order valence-corrected chi connectivity index (χ2v) is 6.72. The van der Waals surface area contributed by atoms with Crippen LogP contribution in [0.5, 0.6) is 0 Å². The third-order valence-electron chi connectivity index (χ3n) is 4.91. The maximum absolute atomic E-state index is 13.7. The molecule has 1 saturated heterocycles. The quantitative estimate of drug-likeness (QED) is 0.778. The Hall–Kier alpha value is -2.44. The molecule has 26 heavy (non-hydrogen) atoms. The van der Waals surface area contributed by atoms with E-state index >= 15 is 0 Å². The van der Waals surface area contributed by atoms with Crippen LogP contribution in [0, 0.1) is 6.92 Å². The molecule has 140 valence electrons. The van der Waals surface area contributed by atoms with Gasteiger partial charge in [0.25, 0.3) is 0 Å². The van der Waals surface area contributed by atoms with E-state index in [1.54, 1.807) is 10.9 Å². The summed E-state index contributed by atoms with van der Waals surface area (Å²) in [4.78, 5) is 14.4. The van der Waals surface area contributed by atoms with Crippen molar-refractivity contribution in [1.82, 2.24) is 9.78 Å². The summed E-state index contributed by atoms with van der Waals surface area (Å²) in [6.07, 6.45) is 3.66. The van der Waals surface area contributed by atoms with Gasteiger partial charge in [-0.1, -0.05) is 6.07 Å². The van der Waals surface area contributed by atoms with E-state index in [4.69, 9.17) is 4.74 Å². The third kappa shape index (κ3) is 3.57. The number of aryl methyl sites for hydroxylation is 1. The van der Waals surface area contributed by atoms with Crippen LogP contribution in [0.2, 0.25) is 0 Å². The Labute approximate surface area is 151 Å². The number of methoxy groups -OCH3 is 1. The van der Waals surface area contributed by atoms with Gasteiger partial charge in [-0.25, -0.2) is 13.6 Å². The van der Waals surface area contributed by atoms with Gasteiger partial charge >= 0.3 is 5.97 Å². The van der Waals surface area contributed by atoms with Crippen molar-refractivity contribution >= 4 is 11.7 Å². The summed E-state index contributed by atoms with van der Waals surface area (Å²) in [5, 5.41) is 4.18. The molecule has 1 fully saturated rings. The van der Waals surface area contributed by atoms with Crippen LogP contribution in [-0.4, -0.2) is 41.9 Å². The Morgan fingerprint density at radius 1 is 1.27 bits per heavy atom. The maximum Gasteiger partial charge on any atom is 0.340 e. The van der Waals surface area contributed by atoms with Crippen LogP contribution in [0.4, 0.5) is 14.5 Å². The Morgan fingerprint density at radius 3 is 2.69 bits per heavy atom. The van der Waals surface area contributed by atoms with E-state index in [0.717, 1.165) is 16.7 Å². The number of esters is 1. The highest BCUT2D eigenvalue weighted by Gasteiger charge is 2.33. The Bertz CT molecular complexity index is 817. The van der Waals surface area contributed by atoms with Crippen LogP contribution in [-0.2, 0) is 11.8 Å². The first-order valence-electron chi connectivity index (χ1n) is 8.66. The van der Waals surface area contributed by atoms with Gasteiger partial charge in [-0.05, 0) is 30.5 Å². The lowest BCUT2D eigenvalue weighted by molar-refractivity contribution is -0.0102. The predicted octanol–water partition coefficient (Wildman–Crippen LogP) is 3.81. The number of halogens is 2. The molecule has 1 aliphatic rings. The van der Waals surface area contributed by atoms with Gasteiger partial charge in [0.2, 0.25) is 5.92 Å². The highest BCUT2D eigenvalue weighted by molar-refractivity contribution is 5.99. The van der Waals surface area contributed by atoms with Crippen molar-refractivity contribution in [1.29, 1.82) is 0 Å². The molecule has 0 amide bonds. The van der Waals surface area contributed by atoms with Gasteiger partial charge in [-0.3, -0.25) is 4.68 Å². The SMILES string of the molecule is COC(=O)c1c(N2CCCC(F)(F)CC2)ccc(-c2cnn(C)c2)c1C. The summed E-state index contributed by atoms with van der Waals surface area (Å²) >= 11 is 0. The summed E-state index contributed by atoms with van der Waals surface area (Å²) in [5.74, 6) is -3.11. The normalized spacial score (nSPS) is 17.0. The Morgan fingerprint density at radius 2 is 2.04 bits per heavy atom. The molecular weight excluding hydrogens is 340 g/mol. The lowest BCUT2D eigenvalue weighted by Crippen LogP contribution is -2.28. The van der Waals surface area contributed by atoms with Crippen molar-refractivity contribution in [3.8, 4) is 11.1 Å². The van der Waals surface area contributed by atoms with Gasteiger partial charge in [0, 0.05) is 44.7 Å². The number of aromatic nitrogens is 2. The molecule has 1 aliphatic heterocycles. The van der Waals surface area contributed by atoms with Crippen LogP contribution in [0.25, 0.3) is 11.1 Å². The number of benzene rings is 1. The molecule has 3 rings (SSSR count). The first-order chi connectivity index (χ1) is 12.3. The van der Waals surface area contributed by atoms with Crippen molar-refractivity contribution in [3.63, 3.8) is 0 Å². The fraction of sp³-hybridized carbons (Fsp3) is 0.474. The van der Waals surface area contributed by atoms with E-state index in [1.165, 1.54) is 7.11 Å². The Kier molecular flexibility index (Phi) is 4.98. The molecule has 2 aromatic rings. The number of hydrogen-bond donors (Lipinski definition) is 0. The molecule has 0 unspecified atom stereocenters. The standard InChI is InChI=1S/C19H23F2N3O2/c1-13-15(14-11-22-23(2)12-14)5-6-16(17(13)18(25)26-3)24-9-4-7-19(20,21)8-10-24/h5-6,11-12H,4,7-10H2,1-3H3. The highest BCUT2D eigenvalue weighted by atomic mass is 19.3. The number of rotatable bonds is 3. The molecule has 7 heteroatoms. The lowest BCUT2D eigenvalue weighted by atomic mass is 9.96. The van der Waals surface area contributed by atoms with Crippen molar-refractivity contribution in [2.45, 2.75) is 32.1 Å². The van der Waals surface area contributed by atoms with E-state index in [-0.39, 0.29) is 19.4 Å². The van der Waals surface area contributed by atoms with Gasteiger partial charge in [-0.2, -0.15) is 5.10 Å². The molecule has 1 aromatic heterocycles. The zero-order chi connectivity index (χ0) is 18.9. The van der Waals surface area contributed by atoms with E-state index in [1.807, 2.05) is 37.2 Å². The molecule has 1 aromatic carbocycles. The smallest absolute Gasteiger partial charge is 0.340 e. The first kappa shape index (κ1) is 18.4. The Balaban J connectivity index is 2.05. The zero-order valence-electron chi connectivity index (χ0n) is 15.3. The first-order valence-corrected chi connectivity index (χ1v) is 8.66. The number of ether oxygens (including phenoxy) is 1. The molecule has 5 nitrogen and oxygen atoms in total. The summed E-state index contributed by atoms with van der Waals surface area (Å²) < 4.78 is 34.1. The molecule has 0 atom stereocenters. The third-order valence-corrected chi connectivity index (χ3v) is 4.91. The van der Waals surface area contributed by atoms with E-state index in [9.17, 15) is 13.6 Å². The topological polar surface area (TPSA) is 47.4 Å². The number of carbonyl (C=O) groups is 1. The number of nitrogens with zero attached hydrogens (tertiary/aromatic N) is 3. The van der Waals surface area contributed by atoms with Gasteiger partial charge in [0.05, 0.1) is 24.6 Å². The lowest BCUT2D eigenvalue weighted by Gasteiger charge is -2.26. The van der Waals surface area contributed by atoms with Crippen LogP contribution in [0.15, 0.2) is 24.5 Å². The molecular formula is C19H23F2N3O2. The van der Waals surface area contributed by atoms with Gasteiger partial charge in [0.15, 0.2) is 0 Å². The molecule has 0 bridgehead atoms. The fourth-order valence-electron chi connectivity index (χ4n) is 3.50. The number of alkyl halides is 2. The monoisotopic (exact) mass is 363 g/mol. The molecule has 0 saturated carbocycles. The minimum atomic E-state index is -2.65. The summed E-state index contributed by atoms with van der Waals surface area (Å²) in [7, 11) is 3.16. The maximum atomic E-state index is 13.7. The van der Waals surface area contributed by atoms with Crippen molar-refractivity contribution in [2.75, 3.05) is 25.1 Å². The predicted molar refractivity (Wildman–Crippen MR) is 95.7 cm³/mol. The second-order valence-electron chi connectivity index (χ2n) is 6.72. The van der Waals surface area contributed by atoms with Gasteiger partial charge in [0.1, 0.15) is 0 Å². The molecule has 2 heterocycles. The minimum absolute atomic E-state index is 0.121. The average molecular weight is 363 g/mol. The minimum Gasteiger partial charge on any atom is -0.465 e. The largest absolute Gasteiger partial charge is 0.465 e. The van der Waals surface area contributed by atoms with Crippen molar-refractivity contribution in [3.05, 3.63) is 35.7 Å². The summed E-state index contributed by atoms with van der Waals surface area (Å²) in [6.45, 7) is 2.55.